The smallest absolute Gasteiger partial charge is 0.381 e. The lowest BCUT2D eigenvalue weighted by atomic mass is 9.73. The molecular weight excluding hydrogens is 345 g/mol. The largest absolute Gasteiger partial charge is 0.416 e. The van der Waals surface area contributed by atoms with Crippen LogP contribution in [0.1, 0.15) is 49.7 Å². The predicted octanol–water partition coefficient (Wildman–Crippen LogP) is 3.14. The number of carbonyl (C=O) groups excluding carboxylic acids is 1. The first-order valence-electron chi connectivity index (χ1n) is 9.08. The molecular formula is C19H25F3N2O2. The number of alkyl halides is 3. The van der Waals surface area contributed by atoms with E-state index in [0.29, 0.717) is 44.5 Å². The molecule has 4 nitrogen and oxygen atoms in total. The molecule has 1 saturated carbocycles. The SMILES string of the molecule is NC1(C(=O)NCC2(c3cccc(C(F)(F)F)c3)CCOCC2)CCCC1. The van der Waals surface area contributed by atoms with Gasteiger partial charge < -0.3 is 15.8 Å². The van der Waals surface area contributed by atoms with E-state index in [1.54, 1.807) is 6.07 Å². The van der Waals surface area contributed by atoms with Crippen molar-refractivity contribution in [1.82, 2.24) is 5.32 Å². The van der Waals surface area contributed by atoms with Crippen LogP contribution in [0.25, 0.3) is 0 Å². The average Bonchev–Trinajstić information content (AvgIpc) is 3.08. The van der Waals surface area contributed by atoms with E-state index in [2.05, 4.69) is 5.32 Å². The highest BCUT2D eigenvalue weighted by Crippen LogP contribution is 2.38. The quantitative estimate of drug-likeness (QED) is 0.856. The summed E-state index contributed by atoms with van der Waals surface area (Å²) in [6, 6.07) is 5.41. The van der Waals surface area contributed by atoms with Crippen molar-refractivity contribution >= 4 is 5.91 Å². The first kappa shape index (κ1) is 19.2. The number of halogens is 3. The minimum atomic E-state index is -4.39. The van der Waals surface area contributed by atoms with Crippen molar-refractivity contribution in [2.24, 2.45) is 5.73 Å². The molecule has 2 fully saturated rings. The van der Waals surface area contributed by atoms with E-state index in [-0.39, 0.29) is 12.5 Å². The van der Waals surface area contributed by atoms with Crippen LogP contribution < -0.4 is 11.1 Å². The Bertz CT molecular complexity index is 648. The summed E-state index contributed by atoms with van der Waals surface area (Å²) in [5, 5.41) is 2.93. The minimum Gasteiger partial charge on any atom is -0.381 e. The molecule has 0 bridgehead atoms. The Hall–Kier alpha value is -1.60. The van der Waals surface area contributed by atoms with Gasteiger partial charge in [0.25, 0.3) is 0 Å². The number of hydrogen-bond donors (Lipinski definition) is 2. The molecule has 7 heteroatoms. The lowest BCUT2D eigenvalue weighted by Gasteiger charge is -2.39. The summed E-state index contributed by atoms with van der Waals surface area (Å²) in [6.45, 7) is 1.19. The summed E-state index contributed by atoms with van der Waals surface area (Å²) < 4.78 is 44.8. The number of amides is 1. The molecule has 3 rings (SSSR count). The Morgan fingerprint density at radius 3 is 2.42 bits per heavy atom. The molecule has 1 aliphatic carbocycles. The van der Waals surface area contributed by atoms with E-state index in [1.165, 1.54) is 12.1 Å². The van der Waals surface area contributed by atoms with Crippen LogP contribution in [0.4, 0.5) is 13.2 Å². The Labute approximate surface area is 151 Å². The Morgan fingerprint density at radius 1 is 1.15 bits per heavy atom. The van der Waals surface area contributed by atoms with Crippen LogP contribution in [-0.2, 0) is 21.1 Å². The Kier molecular flexibility index (Phi) is 5.30. The molecule has 0 spiro atoms. The fourth-order valence-corrected chi connectivity index (χ4v) is 4.01. The van der Waals surface area contributed by atoms with Crippen molar-refractivity contribution in [3.05, 3.63) is 35.4 Å². The van der Waals surface area contributed by atoms with E-state index < -0.39 is 22.7 Å². The summed E-state index contributed by atoms with van der Waals surface area (Å²) in [5.41, 5.74) is 4.71. The van der Waals surface area contributed by atoms with Crippen LogP contribution in [0.2, 0.25) is 0 Å². The normalized spacial score (nSPS) is 22.2. The molecule has 0 radical (unpaired) electrons. The number of nitrogens with two attached hydrogens (primary N) is 1. The first-order chi connectivity index (χ1) is 12.3. The van der Waals surface area contributed by atoms with Crippen LogP contribution in [0.3, 0.4) is 0 Å². The van der Waals surface area contributed by atoms with Gasteiger partial charge in [-0.15, -0.1) is 0 Å². The maximum absolute atomic E-state index is 13.1. The zero-order valence-corrected chi connectivity index (χ0v) is 14.7. The van der Waals surface area contributed by atoms with Gasteiger partial charge in [0.05, 0.1) is 11.1 Å². The summed E-state index contributed by atoms with van der Waals surface area (Å²) in [7, 11) is 0. The van der Waals surface area contributed by atoms with E-state index >= 15 is 0 Å². The van der Waals surface area contributed by atoms with Crippen molar-refractivity contribution in [2.45, 2.75) is 55.7 Å². The van der Waals surface area contributed by atoms with E-state index in [1.807, 2.05) is 0 Å². The second-order valence-corrected chi connectivity index (χ2v) is 7.52. The maximum Gasteiger partial charge on any atom is 0.416 e. The van der Waals surface area contributed by atoms with Gasteiger partial charge in [0.15, 0.2) is 0 Å². The highest BCUT2D eigenvalue weighted by molar-refractivity contribution is 5.86. The third-order valence-corrected chi connectivity index (χ3v) is 5.79. The van der Waals surface area contributed by atoms with Crippen LogP contribution in [-0.4, -0.2) is 31.2 Å². The highest BCUT2D eigenvalue weighted by Gasteiger charge is 2.41. The van der Waals surface area contributed by atoms with Crippen LogP contribution in [0.15, 0.2) is 24.3 Å². The van der Waals surface area contributed by atoms with Gasteiger partial charge in [-0.05, 0) is 37.3 Å². The molecule has 2 aliphatic rings. The molecule has 3 N–H and O–H groups in total. The lowest BCUT2D eigenvalue weighted by molar-refractivity contribution is -0.137. The Morgan fingerprint density at radius 2 is 1.81 bits per heavy atom. The van der Waals surface area contributed by atoms with Gasteiger partial charge in [0.2, 0.25) is 5.91 Å². The third-order valence-electron chi connectivity index (χ3n) is 5.79. The van der Waals surface area contributed by atoms with E-state index in [0.717, 1.165) is 18.9 Å². The molecule has 1 aromatic carbocycles. The van der Waals surface area contributed by atoms with Gasteiger partial charge in [-0.25, -0.2) is 0 Å². The highest BCUT2D eigenvalue weighted by atomic mass is 19.4. The van der Waals surface area contributed by atoms with Crippen LogP contribution in [0, 0.1) is 0 Å². The number of carbonyl (C=O) groups is 1. The lowest BCUT2D eigenvalue weighted by Crippen LogP contribution is -2.55. The van der Waals surface area contributed by atoms with Crippen LogP contribution >= 0.6 is 0 Å². The Balaban J connectivity index is 1.82. The molecule has 26 heavy (non-hydrogen) atoms. The van der Waals surface area contributed by atoms with Crippen molar-refractivity contribution in [3.63, 3.8) is 0 Å². The molecule has 1 saturated heterocycles. The zero-order valence-electron chi connectivity index (χ0n) is 14.7. The second kappa shape index (κ2) is 7.19. The molecule has 1 amide bonds. The van der Waals surface area contributed by atoms with Crippen molar-refractivity contribution < 1.29 is 22.7 Å². The average molecular weight is 370 g/mol. The first-order valence-corrected chi connectivity index (χ1v) is 9.08. The van der Waals surface area contributed by atoms with Crippen molar-refractivity contribution in [3.8, 4) is 0 Å². The topological polar surface area (TPSA) is 64.4 Å². The van der Waals surface area contributed by atoms with E-state index in [9.17, 15) is 18.0 Å². The summed E-state index contributed by atoms with van der Waals surface area (Å²) >= 11 is 0. The summed E-state index contributed by atoms with van der Waals surface area (Å²) in [6.07, 6.45) is -0.112. The fourth-order valence-electron chi connectivity index (χ4n) is 4.01. The van der Waals surface area contributed by atoms with Gasteiger partial charge in [0.1, 0.15) is 0 Å². The second-order valence-electron chi connectivity index (χ2n) is 7.52. The van der Waals surface area contributed by atoms with Gasteiger partial charge in [-0.1, -0.05) is 31.0 Å². The number of benzene rings is 1. The fraction of sp³-hybridized carbons (Fsp3) is 0.632. The van der Waals surface area contributed by atoms with Crippen molar-refractivity contribution in [1.29, 1.82) is 0 Å². The molecule has 1 aromatic rings. The van der Waals surface area contributed by atoms with Gasteiger partial charge in [-0.2, -0.15) is 13.2 Å². The molecule has 144 valence electrons. The zero-order chi connectivity index (χ0) is 18.8. The maximum atomic E-state index is 13.1. The third kappa shape index (κ3) is 3.88. The van der Waals surface area contributed by atoms with Gasteiger partial charge >= 0.3 is 6.18 Å². The standard InChI is InChI=1S/C19H25F3N2O2/c20-19(21,22)15-5-3-4-14(12-15)17(8-10-26-11-9-17)13-24-16(25)18(23)6-1-2-7-18/h3-5,12H,1-2,6-11,13,23H2,(H,24,25). The van der Waals surface area contributed by atoms with E-state index in [4.69, 9.17) is 10.5 Å². The molecule has 0 unspecified atom stereocenters. The molecule has 1 aliphatic heterocycles. The molecule has 0 atom stereocenters. The monoisotopic (exact) mass is 370 g/mol. The minimum absolute atomic E-state index is 0.201. The molecule has 1 heterocycles. The van der Waals surface area contributed by atoms with Crippen molar-refractivity contribution in [2.75, 3.05) is 19.8 Å². The number of ether oxygens (including phenoxy) is 1. The summed E-state index contributed by atoms with van der Waals surface area (Å²) in [5.74, 6) is -0.201. The number of rotatable bonds is 4. The summed E-state index contributed by atoms with van der Waals surface area (Å²) in [4.78, 5) is 12.6. The van der Waals surface area contributed by atoms with Gasteiger partial charge in [-0.3, -0.25) is 4.79 Å². The number of nitrogens with one attached hydrogen (secondary N) is 1. The predicted molar refractivity (Wildman–Crippen MR) is 91.6 cm³/mol. The number of hydrogen-bond acceptors (Lipinski definition) is 3. The van der Waals surface area contributed by atoms with Gasteiger partial charge in [0, 0.05) is 25.2 Å². The van der Waals surface area contributed by atoms with Crippen LogP contribution in [0.5, 0.6) is 0 Å². The molecule has 0 aromatic heterocycles.